The normalized spacial score (nSPS) is 12.5. The number of hydrogen-bond acceptors (Lipinski definition) is 4. The molecule has 2 heterocycles. The van der Waals surface area contributed by atoms with E-state index in [9.17, 15) is 4.79 Å². The molecule has 1 amide bonds. The number of carbonyl (C=O) groups is 1. The number of benzene rings is 1. The molecule has 1 atom stereocenters. The van der Waals surface area contributed by atoms with Crippen LogP contribution in [-0.4, -0.2) is 20.7 Å². The van der Waals surface area contributed by atoms with Crippen molar-refractivity contribution >= 4 is 17.0 Å². The zero-order valence-corrected chi connectivity index (χ0v) is 11.9. The van der Waals surface area contributed by atoms with Gasteiger partial charge >= 0.3 is 0 Å². The third-order valence-corrected chi connectivity index (χ3v) is 3.28. The highest BCUT2D eigenvalue weighted by Gasteiger charge is 2.18. The van der Waals surface area contributed by atoms with Crippen LogP contribution in [0.1, 0.15) is 36.3 Å². The van der Waals surface area contributed by atoms with Gasteiger partial charge in [-0.15, -0.1) is 0 Å². The highest BCUT2D eigenvalue weighted by atomic mass is 16.3. The average molecular weight is 284 g/mol. The molecule has 0 fully saturated rings. The third kappa shape index (κ3) is 2.52. The maximum atomic E-state index is 12.2. The van der Waals surface area contributed by atoms with E-state index in [-0.39, 0.29) is 11.9 Å². The summed E-state index contributed by atoms with van der Waals surface area (Å²) in [6, 6.07) is 8.90. The fraction of sp³-hybridized carbons (Fsp3) is 0.267. The van der Waals surface area contributed by atoms with Crippen LogP contribution in [0, 0.1) is 0 Å². The van der Waals surface area contributed by atoms with Crippen molar-refractivity contribution in [2.24, 2.45) is 0 Å². The number of fused-ring (bicyclic) bond motifs is 1. The maximum Gasteiger partial charge on any atom is 0.270 e. The molecule has 1 aromatic carbocycles. The summed E-state index contributed by atoms with van der Waals surface area (Å²) in [5.74, 6) is 0.302. The van der Waals surface area contributed by atoms with Crippen molar-refractivity contribution < 1.29 is 9.21 Å². The molecule has 6 nitrogen and oxygen atoms in total. The molecule has 108 valence electrons. The predicted molar refractivity (Wildman–Crippen MR) is 77.8 cm³/mol. The van der Waals surface area contributed by atoms with Gasteiger partial charge in [-0.1, -0.05) is 12.1 Å². The van der Waals surface area contributed by atoms with Crippen molar-refractivity contribution in [3.05, 3.63) is 48.1 Å². The van der Waals surface area contributed by atoms with Gasteiger partial charge in [0.2, 0.25) is 5.89 Å². The summed E-state index contributed by atoms with van der Waals surface area (Å²) in [5.41, 5.74) is 2.03. The van der Waals surface area contributed by atoms with E-state index < -0.39 is 0 Å². The monoisotopic (exact) mass is 284 g/mol. The van der Waals surface area contributed by atoms with E-state index in [4.69, 9.17) is 4.42 Å². The second-order valence-corrected chi connectivity index (χ2v) is 4.75. The molecule has 2 aromatic heterocycles. The van der Waals surface area contributed by atoms with E-state index in [1.807, 2.05) is 38.1 Å². The molecular formula is C15H16N4O2. The van der Waals surface area contributed by atoms with Crippen molar-refractivity contribution in [3.63, 3.8) is 0 Å². The Balaban J connectivity index is 1.79. The fourth-order valence-corrected chi connectivity index (χ4v) is 2.19. The van der Waals surface area contributed by atoms with Crippen LogP contribution < -0.4 is 5.32 Å². The number of hydrogen-bond donors (Lipinski definition) is 1. The largest absolute Gasteiger partial charge is 0.438 e. The zero-order chi connectivity index (χ0) is 14.8. The number of para-hydroxylation sites is 2. The highest BCUT2D eigenvalue weighted by molar-refractivity contribution is 5.92. The summed E-state index contributed by atoms with van der Waals surface area (Å²) < 4.78 is 7.30. The van der Waals surface area contributed by atoms with Gasteiger partial charge < -0.3 is 9.73 Å². The van der Waals surface area contributed by atoms with Crippen LogP contribution >= 0.6 is 0 Å². The minimum Gasteiger partial charge on any atom is -0.438 e. The van der Waals surface area contributed by atoms with Gasteiger partial charge in [0.15, 0.2) is 5.58 Å². The van der Waals surface area contributed by atoms with Gasteiger partial charge in [-0.25, -0.2) is 4.98 Å². The van der Waals surface area contributed by atoms with E-state index in [0.29, 0.717) is 23.7 Å². The minimum absolute atomic E-state index is 0.191. The average Bonchev–Trinajstić information content (AvgIpc) is 3.13. The Labute approximate surface area is 121 Å². The van der Waals surface area contributed by atoms with Crippen LogP contribution in [0.5, 0.6) is 0 Å². The van der Waals surface area contributed by atoms with Gasteiger partial charge in [0.1, 0.15) is 17.3 Å². The zero-order valence-electron chi connectivity index (χ0n) is 11.9. The Bertz CT molecular complexity index is 742. The van der Waals surface area contributed by atoms with Crippen LogP contribution in [0.4, 0.5) is 0 Å². The Kier molecular flexibility index (Phi) is 3.43. The summed E-state index contributed by atoms with van der Waals surface area (Å²) in [6.45, 7) is 4.43. The second-order valence-electron chi connectivity index (χ2n) is 4.75. The number of aromatic nitrogens is 3. The minimum atomic E-state index is -0.315. The van der Waals surface area contributed by atoms with Gasteiger partial charge in [0.25, 0.3) is 5.91 Å². The smallest absolute Gasteiger partial charge is 0.270 e. The molecule has 0 bridgehead atoms. The number of carbonyl (C=O) groups excluding carboxylic acids is 1. The standard InChI is InChI=1S/C15H16N4O2/c1-3-19-12(8-9-16-19)14(20)17-10(2)15-18-11-6-4-5-7-13(11)21-15/h4-10H,3H2,1-2H3,(H,17,20). The first-order chi connectivity index (χ1) is 10.2. The first kappa shape index (κ1) is 13.4. The van der Waals surface area contributed by atoms with E-state index in [2.05, 4.69) is 15.4 Å². The summed E-state index contributed by atoms with van der Waals surface area (Å²) >= 11 is 0. The van der Waals surface area contributed by atoms with Crippen molar-refractivity contribution in [3.8, 4) is 0 Å². The van der Waals surface area contributed by atoms with E-state index in [1.54, 1.807) is 16.9 Å². The molecule has 21 heavy (non-hydrogen) atoms. The lowest BCUT2D eigenvalue weighted by Gasteiger charge is -2.10. The molecule has 1 N–H and O–H groups in total. The molecule has 6 heteroatoms. The van der Waals surface area contributed by atoms with Gasteiger partial charge in [-0.05, 0) is 32.0 Å². The Morgan fingerprint density at radius 3 is 2.95 bits per heavy atom. The number of nitrogens with one attached hydrogen (secondary N) is 1. The van der Waals surface area contributed by atoms with Crippen LogP contribution in [0.3, 0.4) is 0 Å². The molecular weight excluding hydrogens is 268 g/mol. The molecule has 0 radical (unpaired) electrons. The van der Waals surface area contributed by atoms with Gasteiger partial charge in [0.05, 0.1) is 0 Å². The Hall–Kier alpha value is -2.63. The van der Waals surface area contributed by atoms with Gasteiger partial charge in [0, 0.05) is 12.7 Å². The Morgan fingerprint density at radius 1 is 1.38 bits per heavy atom. The highest BCUT2D eigenvalue weighted by Crippen LogP contribution is 2.19. The molecule has 0 aliphatic carbocycles. The van der Waals surface area contributed by atoms with Crippen molar-refractivity contribution in [1.82, 2.24) is 20.1 Å². The van der Waals surface area contributed by atoms with E-state index in [0.717, 1.165) is 5.52 Å². The lowest BCUT2D eigenvalue weighted by atomic mass is 10.3. The first-order valence-corrected chi connectivity index (χ1v) is 6.87. The molecule has 3 rings (SSSR count). The quantitative estimate of drug-likeness (QED) is 0.799. The molecule has 0 aliphatic rings. The fourth-order valence-electron chi connectivity index (χ4n) is 2.19. The summed E-state index contributed by atoms with van der Waals surface area (Å²) in [7, 11) is 0. The molecule has 0 saturated carbocycles. The first-order valence-electron chi connectivity index (χ1n) is 6.87. The number of oxazole rings is 1. The topological polar surface area (TPSA) is 73.0 Å². The lowest BCUT2D eigenvalue weighted by molar-refractivity contribution is 0.0923. The third-order valence-electron chi connectivity index (χ3n) is 3.28. The van der Waals surface area contributed by atoms with E-state index in [1.165, 1.54) is 0 Å². The van der Waals surface area contributed by atoms with Crippen molar-refractivity contribution in [1.29, 1.82) is 0 Å². The number of amides is 1. The van der Waals surface area contributed by atoms with E-state index >= 15 is 0 Å². The van der Waals surface area contributed by atoms with Gasteiger partial charge in [-0.2, -0.15) is 5.10 Å². The molecule has 0 aliphatic heterocycles. The molecule has 0 spiro atoms. The molecule has 3 aromatic rings. The van der Waals surface area contributed by atoms with Crippen molar-refractivity contribution in [2.45, 2.75) is 26.4 Å². The number of nitrogens with zero attached hydrogens (tertiary/aromatic N) is 3. The SMILES string of the molecule is CCn1nccc1C(=O)NC(C)c1nc2ccccc2o1. The number of aryl methyl sites for hydroxylation is 1. The predicted octanol–water partition coefficient (Wildman–Crippen LogP) is 2.54. The van der Waals surface area contributed by atoms with Crippen LogP contribution in [0.25, 0.3) is 11.1 Å². The van der Waals surface area contributed by atoms with Crippen LogP contribution in [0.2, 0.25) is 0 Å². The summed E-state index contributed by atoms with van der Waals surface area (Å²) in [6.07, 6.45) is 1.61. The maximum absolute atomic E-state index is 12.2. The van der Waals surface area contributed by atoms with Crippen LogP contribution in [-0.2, 0) is 6.54 Å². The Morgan fingerprint density at radius 2 is 2.19 bits per heavy atom. The summed E-state index contributed by atoms with van der Waals surface area (Å²) in [5, 5.41) is 6.97. The second kappa shape index (κ2) is 5.40. The number of rotatable bonds is 4. The summed E-state index contributed by atoms with van der Waals surface area (Å²) in [4.78, 5) is 16.6. The molecule has 0 saturated heterocycles. The lowest BCUT2D eigenvalue weighted by Crippen LogP contribution is -2.29. The molecule has 1 unspecified atom stereocenters. The van der Waals surface area contributed by atoms with Gasteiger partial charge in [-0.3, -0.25) is 9.48 Å². The van der Waals surface area contributed by atoms with Crippen LogP contribution in [0.15, 0.2) is 40.9 Å². The van der Waals surface area contributed by atoms with Crippen molar-refractivity contribution in [2.75, 3.05) is 0 Å².